The number of hydrogen-bond donors (Lipinski definition) is 2. The number of hydrogen-bond acceptors (Lipinski definition) is 4. The minimum atomic E-state index is -4.63. The van der Waals surface area contributed by atoms with Crippen molar-refractivity contribution in [1.29, 1.82) is 0 Å². The minimum Gasteiger partial charge on any atom is -0.355 e. The third-order valence-electron chi connectivity index (χ3n) is 4.33. The van der Waals surface area contributed by atoms with Crippen molar-refractivity contribution in [3.05, 3.63) is 29.3 Å². The van der Waals surface area contributed by atoms with Gasteiger partial charge < -0.3 is 11.1 Å². The number of alkyl halides is 3. The third kappa shape index (κ3) is 4.54. The molecule has 1 aromatic carbocycles. The molecule has 1 aliphatic heterocycles. The first kappa shape index (κ1) is 20.7. The fourth-order valence-corrected chi connectivity index (χ4v) is 4.68. The number of carbonyl (C=O) groups excluding carboxylic acids is 1. The Morgan fingerprint density at radius 3 is 2.69 bits per heavy atom. The molecule has 3 N–H and O–H groups in total. The summed E-state index contributed by atoms with van der Waals surface area (Å²) >= 11 is 0. The van der Waals surface area contributed by atoms with Gasteiger partial charge in [-0.15, -0.1) is 0 Å². The van der Waals surface area contributed by atoms with Gasteiger partial charge in [-0.25, -0.2) is 8.42 Å². The molecule has 0 aliphatic carbocycles. The van der Waals surface area contributed by atoms with Gasteiger partial charge >= 0.3 is 6.18 Å². The molecule has 146 valence electrons. The van der Waals surface area contributed by atoms with Crippen molar-refractivity contribution in [1.82, 2.24) is 9.62 Å². The molecule has 6 nitrogen and oxygen atoms in total. The number of aryl methyl sites for hydroxylation is 1. The second kappa shape index (κ2) is 7.93. The van der Waals surface area contributed by atoms with Crippen LogP contribution in [-0.4, -0.2) is 44.8 Å². The van der Waals surface area contributed by atoms with Crippen LogP contribution < -0.4 is 11.1 Å². The smallest absolute Gasteiger partial charge is 0.355 e. The first-order chi connectivity index (χ1) is 12.1. The summed E-state index contributed by atoms with van der Waals surface area (Å²) in [4.78, 5) is 11.7. The number of benzene rings is 1. The van der Waals surface area contributed by atoms with Crippen LogP contribution in [0.2, 0.25) is 0 Å². The van der Waals surface area contributed by atoms with Crippen LogP contribution >= 0.6 is 0 Å². The van der Waals surface area contributed by atoms with Gasteiger partial charge in [-0.05, 0) is 37.5 Å². The van der Waals surface area contributed by atoms with Gasteiger partial charge in [0.1, 0.15) is 0 Å². The molecule has 26 heavy (non-hydrogen) atoms. The number of nitrogens with two attached hydrogens (primary N) is 1. The molecule has 1 aliphatic rings. The highest BCUT2D eigenvalue weighted by Gasteiger charge is 2.36. The van der Waals surface area contributed by atoms with Crippen molar-refractivity contribution in [2.75, 3.05) is 26.2 Å². The van der Waals surface area contributed by atoms with E-state index in [1.165, 1.54) is 6.92 Å². The predicted molar refractivity (Wildman–Crippen MR) is 89.7 cm³/mol. The summed E-state index contributed by atoms with van der Waals surface area (Å²) < 4.78 is 65.7. The number of carbonyl (C=O) groups is 1. The van der Waals surface area contributed by atoms with Gasteiger partial charge in [0.15, 0.2) is 0 Å². The van der Waals surface area contributed by atoms with Gasteiger partial charge in [0.2, 0.25) is 15.9 Å². The highest BCUT2D eigenvalue weighted by molar-refractivity contribution is 7.89. The van der Waals surface area contributed by atoms with Crippen molar-refractivity contribution in [3.8, 4) is 0 Å². The Morgan fingerprint density at radius 1 is 1.38 bits per heavy atom. The molecule has 2 rings (SSSR count). The normalized spacial score (nSPS) is 19.3. The molecule has 0 bridgehead atoms. The van der Waals surface area contributed by atoms with E-state index >= 15 is 0 Å². The molecule has 1 heterocycles. The lowest BCUT2D eigenvalue weighted by Crippen LogP contribution is -2.46. The van der Waals surface area contributed by atoms with Crippen LogP contribution in [-0.2, 0) is 21.0 Å². The Labute approximate surface area is 150 Å². The van der Waals surface area contributed by atoms with Crippen molar-refractivity contribution < 1.29 is 26.4 Å². The summed E-state index contributed by atoms with van der Waals surface area (Å²) in [5.74, 6) is -0.840. The zero-order valence-electron chi connectivity index (χ0n) is 14.3. The molecule has 0 spiro atoms. The Morgan fingerprint density at radius 2 is 2.08 bits per heavy atom. The van der Waals surface area contributed by atoms with Crippen molar-refractivity contribution >= 4 is 15.9 Å². The van der Waals surface area contributed by atoms with E-state index in [2.05, 4.69) is 5.32 Å². The van der Waals surface area contributed by atoms with Gasteiger partial charge in [-0.3, -0.25) is 4.79 Å². The Kier molecular flexibility index (Phi) is 6.30. The molecule has 0 saturated carbocycles. The highest BCUT2D eigenvalue weighted by Crippen LogP contribution is 2.33. The zero-order chi connectivity index (χ0) is 19.5. The van der Waals surface area contributed by atoms with E-state index in [9.17, 15) is 26.4 Å². The van der Waals surface area contributed by atoms with E-state index in [0.29, 0.717) is 18.9 Å². The Bertz CT molecular complexity index is 766. The molecule has 1 unspecified atom stereocenters. The van der Waals surface area contributed by atoms with Gasteiger partial charge in [-0.2, -0.15) is 17.5 Å². The van der Waals surface area contributed by atoms with Crippen molar-refractivity contribution in [3.63, 3.8) is 0 Å². The lowest BCUT2D eigenvalue weighted by atomic mass is 9.99. The summed E-state index contributed by atoms with van der Waals surface area (Å²) in [6, 6.07) is 2.65. The van der Waals surface area contributed by atoms with Crippen LogP contribution in [0, 0.1) is 12.8 Å². The number of amides is 1. The average Bonchev–Trinajstić information content (AvgIpc) is 2.59. The minimum absolute atomic E-state index is 0.0611. The maximum atomic E-state index is 12.9. The van der Waals surface area contributed by atoms with E-state index < -0.39 is 27.7 Å². The monoisotopic (exact) mass is 393 g/mol. The topological polar surface area (TPSA) is 92.5 Å². The van der Waals surface area contributed by atoms with Crippen LogP contribution in [0.1, 0.15) is 24.0 Å². The van der Waals surface area contributed by atoms with Gasteiger partial charge in [-0.1, -0.05) is 6.07 Å². The molecule has 1 atom stereocenters. The first-order valence-corrected chi connectivity index (χ1v) is 9.67. The van der Waals surface area contributed by atoms with Gasteiger partial charge in [0, 0.05) is 26.2 Å². The predicted octanol–water partition coefficient (Wildman–Crippen LogP) is 1.49. The summed E-state index contributed by atoms with van der Waals surface area (Å²) in [7, 11) is -4.13. The maximum absolute atomic E-state index is 12.9. The fraction of sp³-hybridized carbons (Fsp3) is 0.562. The van der Waals surface area contributed by atoms with Crippen LogP contribution in [0.15, 0.2) is 23.1 Å². The quantitative estimate of drug-likeness (QED) is 0.793. The maximum Gasteiger partial charge on any atom is 0.416 e. The number of nitrogens with one attached hydrogen (secondary N) is 1. The van der Waals surface area contributed by atoms with E-state index in [1.807, 2.05) is 0 Å². The lowest BCUT2D eigenvalue weighted by Gasteiger charge is -2.31. The second-order valence-corrected chi connectivity index (χ2v) is 8.17. The molecular formula is C16H22F3N3O3S. The number of piperidine rings is 1. The van der Waals surface area contributed by atoms with Crippen LogP contribution in [0.5, 0.6) is 0 Å². The fourth-order valence-electron chi connectivity index (χ4n) is 2.91. The first-order valence-electron chi connectivity index (χ1n) is 8.23. The summed E-state index contributed by atoms with van der Waals surface area (Å²) in [6.45, 7) is 2.11. The molecule has 0 radical (unpaired) electrons. The number of nitrogens with zero attached hydrogens (tertiary/aromatic N) is 1. The van der Waals surface area contributed by atoms with Crippen molar-refractivity contribution in [2.45, 2.75) is 30.8 Å². The molecular weight excluding hydrogens is 371 g/mol. The Hall–Kier alpha value is -1.65. The average molecular weight is 393 g/mol. The molecule has 1 aromatic rings. The zero-order valence-corrected chi connectivity index (χ0v) is 15.2. The molecule has 1 amide bonds. The molecule has 10 heteroatoms. The largest absolute Gasteiger partial charge is 0.416 e. The summed E-state index contributed by atoms with van der Waals surface area (Å²) in [5, 5.41) is 2.62. The van der Waals surface area contributed by atoms with Crippen molar-refractivity contribution in [2.24, 2.45) is 11.7 Å². The van der Waals surface area contributed by atoms with E-state index in [-0.39, 0.29) is 42.5 Å². The third-order valence-corrected chi connectivity index (χ3v) is 6.34. The van der Waals surface area contributed by atoms with E-state index in [1.54, 1.807) is 0 Å². The van der Waals surface area contributed by atoms with Crippen LogP contribution in [0.25, 0.3) is 0 Å². The Balaban J connectivity index is 2.28. The lowest BCUT2D eigenvalue weighted by molar-refractivity contribution is -0.137. The second-order valence-electron chi connectivity index (χ2n) is 6.26. The standard InChI is InChI=1S/C16H22F3N3O3S/c1-11-4-5-13(16(17,18)19)9-14(11)26(24,25)22-8-2-3-12(10-22)15(23)21-7-6-20/h4-5,9,12H,2-3,6-8,10,20H2,1H3,(H,21,23). The van der Waals surface area contributed by atoms with Gasteiger partial charge in [0.05, 0.1) is 16.4 Å². The summed E-state index contributed by atoms with van der Waals surface area (Å²) in [6.07, 6.45) is -3.66. The van der Waals surface area contributed by atoms with Gasteiger partial charge in [0.25, 0.3) is 0 Å². The number of sulfonamides is 1. The number of rotatable bonds is 5. The SMILES string of the molecule is Cc1ccc(C(F)(F)F)cc1S(=O)(=O)N1CCCC(C(=O)NCCN)C1. The molecule has 1 saturated heterocycles. The molecule has 1 fully saturated rings. The number of halogens is 3. The van der Waals surface area contributed by atoms with Crippen LogP contribution in [0.3, 0.4) is 0 Å². The van der Waals surface area contributed by atoms with E-state index in [4.69, 9.17) is 5.73 Å². The summed E-state index contributed by atoms with van der Waals surface area (Å²) in [5.41, 5.74) is 4.54. The molecule has 0 aromatic heterocycles. The van der Waals surface area contributed by atoms with Crippen LogP contribution in [0.4, 0.5) is 13.2 Å². The van der Waals surface area contributed by atoms with E-state index in [0.717, 1.165) is 16.4 Å². The highest BCUT2D eigenvalue weighted by atomic mass is 32.2.